The average molecular weight is 1210 g/mol. The molecule has 2 aliphatic carbocycles. The first-order valence-electron chi connectivity index (χ1n) is 27.6. The maximum absolute atomic E-state index is 13.8. The molecule has 0 aromatic heterocycles. The number of carbonyl (C=O) groups is 8. The molecule has 3 aliphatic rings. The van der Waals surface area contributed by atoms with Gasteiger partial charge in [0.05, 0.1) is 76.8 Å². The topological polar surface area (TPSA) is 317 Å². The van der Waals surface area contributed by atoms with Gasteiger partial charge >= 0.3 is 47.8 Å². The van der Waals surface area contributed by atoms with E-state index < -0.39 is 84.0 Å². The highest BCUT2D eigenvalue weighted by molar-refractivity contribution is 8.24. The third-order valence-corrected chi connectivity index (χ3v) is 16.3. The number of thioether (sulfide) groups is 2. The van der Waals surface area contributed by atoms with Gasteiger partial charge in [0.15, 0.2) is 12.6 Å². The van der Waals surface area contributed by atoms with Crippen molar-refractivity contribution in [3.05, 3.63) is 106 Å². The zero-order valence-electron chi connectivity index (χ0n) is 46.8. The molecule has 0 saturated heterocycles. The first kappa shape index (κ1) is 66.3. The van der Waals surface area contributed by atoms with Crippen molar-refractivity contribution in [2.24, 2.45) is 23.7 Å². The van der Waals surface area contributed by atoms with E-state index in [-0.39, 0.29) is 82.4 Å². The number of nitriles is 2. The van der Waals surface area contributed by atoms with E-state index in [1.165, 1.54) is 6.08 Å². The lowest BCUT2D eigenvalue weighted by Crippen LogP contribution is -2.31. The van der Waals surface area contributed by atoms with Gasteiger partial charge < -0.3 is 57.6 Å². The molecule has 0 bridgehead atoms. The number of aryl methyl sites for hydroxylation is 1. The highest BCUT2D eigenvalue weighted by Crippen LogP contribution is 2.60. The van der Waals surface area contributed by atoms with E-state index in [1.54, 1.807) is 61.5 Å². The van der Waals surface area contributed by atoms with Gasteiger partial charge in [0.1, 0.15) is 60.5 Å². The molecule has 85 heavy (non-hydrogen) atoms. The van der Waals surface area contributed by atoms with Crippen LogP contribution in [0, 0.1) is 53.3 Å². The Labute approximate surface area is 499 Å². The molecule has 3 aromatic rings. The number of fused-ring (bicyclic) bond motifs is 1. The van der Waals surface area contributed by atoms with Crippen LogP contribution in [0.3, 0.4) is 0 Å². The van der Waals surface area contributed by atoms with Crippen LogP contribution >= 0.6 is 23.5 Å². The second-order valence-corrected chi connectivity index (χ2v) is 22.0. The molecule has 22 nitrogen and oxygen atoms in total. The summed E-state index contributed by atoms with van der Waals surface area (Å²) in [6.07, 6.45) is 3.04. The summed E-state index contributed by atoms with van der Waals surface area (Å²) in [6.45, 7) is 8.18. The van der Waals surface area contributed by atoms with Gasteiger partial charge in [-0.05, 0) is 118 Å². The van der Waals surface area contributed by atoms with Gasteiger partial charge in [-0.3, -0.25) is 33.6 Å². The third kappa shape index (κ3) is 21.3. The molecule has 1 aliphatic heterocycles. The molecule has 3 aromatic carbocycles. The van der Waals surface area contributed by atoms with Crippen molar-refractivity contribution < 1.29 is 95.9 Å². The number of esters is 8. The number of hydrogen-bond donors (Lipinski definition) is 2. The van der Waals surface area contributed by atoms with E-state index in [9.17, 15) is 59.1 Å². The number of hydrogen-bond acceptors (Lipinski definition) is 24. The number of aliphatic hydroxyl groups excluding tert-OH is 2. The van der Waals surface area contributed by atoms with E-state index in [4.69, 9.17) is 47.4 Å². The van der Waals surface area contributed by atoms with Crippen molar-refractivity contribution in [1.29, 1.82) is 10.5 Å². The Hall–Kier alpha value is -7.84. The van der Waals surface area contributed by atoms with Crippen LogP contribution in [0.2, 0.25) is 0 Å². The second-order valence-electron chi connectivity index (χ2n) is 19.7. The highest BCUT2D eigenvalue weighted by atomic mass is 32.2. The molecule has 1 heterocycles. The van der Waals surface area contributed by atoms with Crippen molar-refractivity contribution >= 4 is 71.3 Å². The Bertz CT molecular complexity index is 2990. The van der Waals surface area contributed by atoms with Gasteiger partial charge in [-0.25, -0.2) is 4.79 Å². The van der Waals surface area contributed by atoms with Gasteiger partial charge in [0.2, 0.25) is 0 Å². The van der Waals surface area contributed by atoms with Crippen molar-refractivity contribution in [1.82, 2.24) is 0 Å². The number of nitrogens with zero attached hydrogens (tertiary/aromatic N) is 2. The zero-order chi connectivity index (χ0) is 61.3. The predicted molar refractivity (Wildman–Crippen MR) is 301 cm³/mol. The number of aliphatic hydroxyl groups is 2. The number of benzene rings is 3. The summed E-state index contributed by atoms with van der Waals surface area (Å²) in [5.41, 5.74) is 1.96. The summed E-state index contributed by atoms with van der Waals surface area (Å²) in [5, 5.41) is 38.9. The lowest BCUT2D eigenvalue weighted by Gasteiger charge is -2.27. The van der Waals surface area contributed by atoms with Gasteiger partial charge in [-0.15, -0.1) is 0 Å². The van der Waals surface area contributed by atoms with Crippen LogP contribution in [-0.2, 0) is 79.6 Å². The molecular formula is C61H66N2O20S2. The monoisotopic (exact) mass is 1210 g/mol. The van der Waals surface area contributed by atoms with Crippen LogP contribution in [0.4, 0.5) is 0 Å². The fourth-order valence-corrected chi connectivity index (χ4v) is 11.5. The van der Waals surface area contributed by atoms with E-state index in [2.05, 4.69) is 13.2 Å². The van der Waals surface area contributed by atoms with Crippen molar-refractivity contribution in [2.75, 3.05) is 39.6 Å². The van der Waals surface area contributed by atoms with Crippen LogP contribution in [0.25, 0.3) is 0 Å². The average Bonchev–Trinajstić information content (AvgIpc) is 2.96. The molecule has 0 spiro atoms. The first-order valence-corrected chi connectivity index (χ1v) is 29.2. The number of allylic oxidation sites excluding steroid dienone is 1. The van der Waals surface area contributed by atoms with E-state index in [0.717, 1.165) is 40.7 Å². The maximum atomic E-state index is 13.8. The molecule has 452 valence electrons. The molecule has 2 fully saturated rings. The molecule has 2 unspecified atom stereocenters. The highest BCUT2D eigenvalue weighted by Gasteiger charge is 2.37. The number of ether oxygens (including phenoxy) is 10. The number of rotatable bonds is 30. The molecule has 0 radical (unpaired) electrons. The summed E-state index contributed by atoms with van der Waals surface area (Å²) in [7, 11) is 0. The Balaban J connectivity index is 0.915. The minimum atomic E-state index is -1.19. The lowest BCUT2D eigenvalue weighted by molar-refractivity contribution is -0.152. The van der Waals surface area contributed by atoms with E-state index in [1.807, 2.05) is 12.1 Å². The summed E-state index contributed by atoms with van der Waals surface area (Å²) in [4.78, 5) is 102. The maximum Gasteiger partial charge on any atom is 0.330 e. The lowest BCUT2D eigenvalue weighted by atomic mass is 9.82. The second kappa shape index (κ2) is 34.2. The first-order chi connectivity index (χ1) is 41.0. The van der Waals surface area contributed by atoms with Gasteiger partial charge in [-0.1, -0.05) is 60.9 Å². The third-order valence-electron chi connectivity index (χ3n) is 13.7. The largest absolute Gasteiger partial charge is 0.465 e. The van der Waals surface area contributed by atoms with Crippen molar-refractivity contribution in [3.8, 4) is 35.1 Å². The van der Waals surface area contributed by atoms with Crippen LogP contribution in [0.15, 0.2) is 99.5 Å². The summed E-state index contributed by atoms with van der Waals surface area (Å²) in [5.74, 6) is -5.35. The standard InChI is InChI=1S/C61H66N2O20S2/c1-4-48(64)76-30-32-78-52(68)24-22-50(66)74-28-26-38-6-18-45(19-7-38)80-57(70)40-10-14-42(15-11-40)59(72)82-47-34-37(3)54(56-55(47)84-61(85-56)44(35-62)36-63)83-60(73)43-16-12-41(13-17-43)58(71)81-46-20-8-39(9-21-46)27-29-75-51(67)23-25-53(69)79-33-31-77-49(65)5-2/h4-9,18-21,34,40-43,48,50,64,66H,1-2,10-17,22-33H2,3H3. The smallest absolute Gasteiger partial charge is 0.330 e. The van der Waals surface area contributed by atoms with Crippen molar-refractivity contribution in [2.45, 2.75) is 119 Å². The summed E-state index contributed by atoms with van der Waals surface area (Å²) < 4.78 is 53.9. The van der Waals surface area contributed by atoms with Crippen molar-refractivity contribution in [3.63, 3.8) is 0 Å². The van der Waals surface area contributed by atoms with E-state index >= 15 is 0 Å². The molecule has 2 saturated carbocycles. The van der Waals surface area contributed by atoms with Crippen LogP contribution in [0.5, 0.6) is 23.0 Å². The summed E-state index contributed by atoms with van der Waals surface area (Å²) >= 11 is 2.13. The molecule has 0 amide bonds. The summed E-state index contributed by atoms with van der Waals surface area (Å²) in [6, 6.07) is 18.9. The predicted octanol–water partition coefficient (Wildman–Crippen LogP) is 7.95. The van der Waals surface area contributed by atoms with Gasteiger partial charge in [0.25, 0.3) is 0 Å². The Morgan fingerprint density at radius 3 is 1.53 bits per heavy atom. The Kier molecular flexibility index (Phi) is 26.7. The molecule has 2 N–H and O–H groups in total. The molecule has 2 atom stereocenters. The van der Waals surface area contributed by atoms with Gasteiger partial charge in [0, 0.05) is 18.9 Å². The number of carbonyl (C=O) groups excluding carboxylic acids is 8. The van der Waals surface area contributed by atoms with Crippen LogP contribution < -0.4 is 18.9 Å². The van der Waals surface area contributed by atoms with Gasteiger partial charge in [-0.2, -0.15) is 10.5 Å². The Morgan fingerprint density at radius 2 is 1.02 bits per heavy atom. The SMILES string of the molecule is C=CC(=O)OCCOC(=O)CCC(=O)OCCc1ccc(OC(=O)C2CCC(C(=O)Oc3c(C)cc(OC(=O)C4CCC(C(=O)Oc5ccc(CCOC(O)CCC(=O)OCCOC(O)C=C)cc5)CC4)c4c3SC(=C(C#N)C#N)S4)CC2)cc1. The normalized spacial score (nSPS) is 17.6. The van der Waals surface area contributed by atoms with Crippen LogP contribution in [-0.4, -0.2) is 110 Å². The minimum Gasteiger partial charge on any atom is -0.465 e. The molecule has 24 heteroatoms. The van der Waals surface area contributed by atoms with E-state index in [0.29, 0.717) is 95.3 Å². The fourth-order valence-electron chi connectivity index (χ4n) is 8.98. The minimum absolute atomic E-state index is 0.0102. The Morgan fingerprint density at radius 1 is 0.576 bits per heavy atom. The zero-order valence-corrected chi connectivity index (χ0v) is 48.5. The molecular weight excluding hydrogens is 1140 g/mol. The fraction of sp³-hybridized carbons (Fsp3) is 0.443. The molecule has 6 rings (SSSR count). The quantitative estimate of drug-likeness (QED) is 0.00934. The van der Waals surface area contributed by atoms with Crippen LogP contribution in [0.1, 0.15) is 93.7 Å².